The van der Waals surface area contributed by atoms with Gasteiger partial charge in [0.2, 0.25) is 28.7 Å². The summed E-state index contributed by atoms with van der Waals surface area (Å²) in [7, 11) is 3.23. The van der Waals surface area contributed by atoms with E-state index in [2.05, 4.69) is 27.8 Å². The second-order valence-corrected chi connectivity index (χ2v) is 14.4. The molecule has 1 rings (SSSR count). The van der Waals surface area contributed by atoms with Crippen LogP contribution in [-0.4, -0.2) is 71.2 Å². The Hall–Kier alpha value is -1.66. The second kappa shape index (κ2) is 17.9. The molecule has 39 heavy (non-hydrogen) atoms. The number of amides is 4. The minimum atomic E-state index is -0.810. The van der Waals surface area contributed by atoms with Crippen LogP contribution in [0.25, 0.3) is 0 Å². The molecule has 0 spiro atoms. The molecule has 9 nitrogen and oxygen atoms in total. The van der Waals surface area contributed by atoms with Crippen molar-refractivity contribution in [3.63, 3.8) is 0 Å². The van der Waals surface area contributed by atoms with E-state index in [1.54, 1.807) is 35.4 Å². The van der Waals surface area contributed by atoms with Gasteiger partial charge in [-0.15, -0.1) is 0 Å². The number of thioether (sulfide) groups is 1. The Kier molecular flexibility index (Phi) is 16.2. The molecule has 0 radical (unpaired) electrons. The molecule has 1 aliphatic heterocycles. The van der Waals surface area contributed by atoms with Gasteiger partial charge in [-0.1, -0.05) is 60.7 Å². The molecule has 4 atom stereocenters. The topological polar surface area (TPSA) is 133 Å². The van der Waals surface area contributed by atoms with Crippen LogP contribution in [0.3, 0.4) is 0 Å². The molecular weight excluding hydrogens is 557 g/mol. The second-order valence-electron chi connectivity index (χ2n) is 10.6. The first kappa shape index (κ1) is 35.4. The molecule has 1 heterocycles. The number of carbonyl (C=O) groups is 5. The van der Waals surface area contributed by atoms with Gasteiger partial charge in [-0.25, -0.2) is 0 Å². The average molecular weight is 603 g/mol. The highest BCUT2D eigenvalue weighted by molar-refractivity contribution is 8.76. The lowest BCUT2D eigenvalue weighted by Crippen LogP contribution is -2.46. The van der Waals surface area contributed by atoms with Gasteiger partial charge in [0.05, 0.1) is 6.04 Å². The van der Waals surface area contributed by atoms with Gasteiger partial charge in [0, 0.05) is 59.2 Å². The van der Waals surface area contributed by atoms with E-state index in [1.807, 2.05) is 27.7 Å². The van der Waals surface area contributed by atoms with Gasteiger partial charge in [0.15, 0.2) is 0 Å². The molecule has 0 aromatic rings. The van der Waals surface area contributed by atoms with E-state index in [-0.39, 0.29) is 47.6 Å². The molecule has 0 saturated carbocycles. The minimum Gasteiger partial charge on any atom is -0.355 e. The summed E-state index contributed by atoms with van der Waals surface area (Å²) in [6.45, 7) is 15.6. The molecule has 4 unspecified atom stereocenters. The highest BCUT2D eigenvalue weighted by atomic mass is 33.1. The number of carbonyl (C=O) groups excluding carboxylic acids is 5. The number of rotatable bonds is 18. The Morgan fingerprint density at radius 1 is 1.08 bits per heavy atom. The van der Waals surface area contributed by atoms with E-state index in [9.17, 15) is 24.0 Å². The lowest BCUT2D eigenvalue weighted by Gasteiger charge is -2.32. The summed E-state index contributed by atoms with van der Waals surface area (Å²) in [5, 5.41) is 11.5. The van der Waals surface area contributed by atoms with Crippen molar-refractivity contribution < 1.29 is 24.0 Å². The third kappa shape index (κ3) is 13.0. The summed E-state index contributed by atoms with van der Waals surface area (Å²) >= 11 is 1.22. The summed E-state index contributed by atoms with van der Waals surface area (Å²) in [5.41, 5.74) is -0.330. The average Bonchev–Trinajstić information content (AvgIpc) is 3.27. The van der Waals surface area contributed by atoms with E-state index in [4.69, 9.17) is 0 Å². The first-order chi connectivity index (χ1) is 18.3. The molecular formula is C27H46N4O5S3. The van der Waals surface area contributed by atoms with Crippen molar-refractivity contribution in [1.29, 1.82) is 0 Å². The number of nitrogens with one attached hydrogen (secondary N) is 4. The van der Waals surface area contributed by atoms with Crippen LogP contribution in [0, 0.1) is 17.3 Å². The number of hydrogen-bond acceptors (Lipinski definition) is 8. The Morgan fingerprint density at radius 3 is 2.21 bits per heavy atom. The van der Waals surface area contributed by atoms with Gasteiger partial charge < -0.3 is 21.3 Å². The maximum Gasteiger partial charge on any atom is 0.246 e. The first-order valence-corrected chi connectivity index (χ1v) is 17.0. The predicted molar refractivity (Wildman–Crippen MR) is 163 cm³/mol. The summed E-state index contributed by atoms with van der Waals surface area (Å²) in [4.78, 5) is 62.8. The van der Waals surface area contributed by atoms with Gasteiger partial charge in [-0.2, -0.15) is 0 Å². The van der Waals surface area contributed by atoms with Crippen molar-refractivity contribution >= 4 is 62.1 Å². The van der Waals surface area contributed by atoms with Crippen molar-refractivity contribution in [3.05, 3.63) is 12.2 Å². The molecule has 1 aliphatic rings. The molecule has 4 amide bonds. The molecule has 0 aromatic heterocycles. The molecule has 4 N–H and O–H groups in total. The standard InChI is InChI=1S/C27H46N4O5S3/c1-8-27(7,26(36)29-11-14-39-38-13-10-28-22(32)17(2)3)16-20(15-19(6)23(33)30-18(4)5)24(34)31-21-9-12-37-25(21)35/h18-21H,2,8-16H2,1,3-7H3,(H,28,32)(H,29,36)(H,30,33)(H,31,34). The zero-order chi connectivity index (χ0) is 29.6. The Bertz CT molecular complexity index is 885. The zero-order valence-corrected chi connectivity index (χ0v) is 26.6. The lowest BCUT2D eigenvalue weighted by atomic mass is 9.75. The van der Waals surface area contributed by atoms with Crippen LogP contribution in [0.2, 0.25) is 0 Å². The quantitative estimate of drug-likeness (QED) is 0.107. The molecule has 1 saturated heterocycles. The largest absolute Gasteiger partial charge is 0.355 e. The van der Waals surface area contributed by atoms with Crippen molar-refractivity contribution in [3.8, 4) is 0 Å². The van der Waals surface area contributed by atoms with Gasteiger partial charge in [0.1, 0.15) is 0 Å². The van der Waals surface area contributed by atoms with Crippen LogP contribution < -0.4 is 21.3 Å². The van der Waals surface area contributed by atoms with Gasteiger partial charge in [-0.3, -0.25) is 24.0 Å². The fraction of sp³-hybridized carbons (Fsp3) is 0.741. The van der Waals surface area contributed by atoms with Crippen LogP contribution in [0.1, 0.15) is 67.2 Å². The third-order valence-corrected chi connectivity index (χ3v) is 9.99. The van der Waals surface area contributed by atoms with Crippen molar-refractivity contribution in [2.24, 2.45) is 17.3 Å². The molecule has 0 aromatic carbocycles. The van der Waals surface area contributed by atoms with E-state index in [0.717, 1.165) is 5.75 Å². The fourth-order valence-corrected chi connectivity index (χ4v) is 6.74. The molecule has 0 aliphatic carbocycles. The van der Waals surface area contributed by atoms with Gasteiger partial charge >= 0.3 is 0 Å². The van der Waals surface area contributed by atoms with Crippen LogP contribution in [0.15, 0.2) is 12.2 Å². The summed E-state index contributed by atoms with van der Waals surface area (Å²) < 4.78 is 0. The zero-order valence-electron chi connectivity index (χ0n) is 24.1. The Morgan fingerprint density at radius 2 is 1.69 bits per heavy atom. The minimum absolute atomic E-state index is 0.0156. The highest BCUT2D eigenvalue weighted by Crippen LogP contribution is 2.34. The van der Waals surface area contributed by atoms with Crippen molar-refractivity contribution in [1.82, 2.24) is 21.3 Å². The normalized spacial score (nSPS) is 18.1. The molecule has 222 valence electrons. The predicted octanol–water partition coefficient (Wildman–Crippen LogP) is 3.30. The van der Waals surface area contributed by atoms with E-state index in [1.165, 1.54) is 11.8 Å². The fourth-order valence-electron chi connectivity index (χ4n) is 4.00. The summed E-state index contributed by atoms with van der Waals surface area (Å²) in [5.74, 6) is 0.409. The Balaban J connectivity index is 2.71. The smallest absolute Gasteiger partial charge is 0.246 e. The van der Waals surface area contributed by atoms with E-state index >= 15 is 0 Å². The van der Waals surface area contributed by atoms with Crippen LogP contribution in [-0.2, 0) is 24.0 Å². The van der Waals surface area contributed by atoms with Crippen LogP contribution in [0.4, 0.5) is 0 Å². The van der Waals surface area contributed by atoms with E-state index in [0.29, 0.717) is 43.0 Å². The number of hydrogen-bond donors (Lipinski definition) is 4. The van der Waals surface area contributed by atoms with Crippen molar-refractivity contribution in [2.75, 3.05) is 30.3 Å². The summed E-state index contributed by atoms with van der Waals surface area (Å²) in [6.07, 6.45) is 1.68. The molecule has 1 fully saturated rings. The lowest BCUT2D eigenvalue weighted by molar-refractivity contribution is -0.135. The first-order valence-electron chi connectivity index (χ1n) is 13.5. The highest BCUT2D eigenvalue weighted by Gasteiger charge is 2.39. The van der Waals surface area contributed by atoms with E-state index < -0.39 is 23.3 Å². The van der Waals surface area contributed by atoms with Gasteiger partial charge in [0.25, 0.3) is 0 Å². The third-order valence-electron chi connectivity index (χ3n) is 6.58. The van der Waals surface area contributed by atoms with Gasteiger partial charge in [-0.05, 0) is 46.5 Å². The maximum atomic E-state index is 13.3. The SMILES string of the molecule is C=C(C)C(=O)NCCSSCCNC(=O)C(C)(CC)CC(CC(C)C(=O)NC(C)C)C(=O)NC1CCSC1=O. The Labute approximate surface area is 245 Å². The molecule has 0 bridgehead atoms. The van der Waals surface area contributed by atoms with Crippen LogP contribution >= 0.6 is 33.3 Å². The maximum absolute atomic E-state index is 13.3. The van der Waals surface area contributed by atoms with Crippen molar-refractivity contribution in [2.45, 2.75) is 79.3 Å². The monoisotopic (exact) mass is 602 g/mol. The van der Waals surface area contributed by atoms with Crippen LogP contribution in [0.5, 0.6) is 0 Å². The molecule has 12 heteroatoms. The summed E-state index contributed by atoms with van der Waals surface area (Å²) in [6, 6.07) is -0.534.